The zero-order valence-corrected chi connectivity index (χ0v) is 17.2. The average molecular weight is 384 g/mol. The maximum absolute atomic E-state index is 12.5. The molecule has 6 heteroatoms. The molecular weight excluding hydrogens is 356 g/mol. The highest BCUT2D eigenvalue weighted by molar-refractivity contribution is 5.98. The number of amides is 2. The molecule has 0 fully saturated rings. The van der Waals surface area contributed by atoms with E-state index in [2.05, 4.69) is 26.1 Å². The van der Waals surface area contributed by atoms with Crippen molar-refractivity contribution < 1.29 is 18.7 Å². The van der Waals surface area contributed by atoms with Gasteiger partial charge in [-0.3, -0.25) is 14.5 Å². The Morgan fingerprint density at radius 2 is 2.00 bits per heavy atom. The molecule has 1 aromatic carbocycles. The first-order valence-electron chi connectivity index (χ1n) is 9.66. The summed E-state index contributed by atoms with van der Waals surface area (Å²) in [5.74, 6) is 1.09. The molecule has 0 saturated carbocycles. The lowest BCUT2D eigenvalue weighted by Gasteiger charge is -2.31. The van der Waals surface area contributed by atoms with E-state index in [4.69, 9.17) is 9.15 Å². The number of nitrogens with zero attached hydrogens (tertiary/aromatic N) is 1. The van der Waals surface area contributed by atoms with Crippen LogP contribution >= 0.6 is 0 Å². The van der Waals surface area contributed by atoms with Crippen LogP contribution in [-0.4, -0.2) is 24.5 Å². The minimum atomic E-state index is -0.246. The predicted octanol–water partition coefficient (Wildman–Crippen LogP) is 4.03. The van der Waals surface area contributed by atoms with Crippen LogP contribution in [0.4, 0.5) is 5.69 Å². The van der Waals surface area contributed by atoms with Crippen molar-refractivity contribution in [3.63, 3.8) is 0 Å². The molecule has 1 N–H and O–H groups in total. The number of carbonyl (C=O) groups is 2. The van der Waals surface area contributed by atoms with E-state index in [-0.39, 0.29) is 42.2 Å². The summed E-state index contributed by atoms with van der Waals surface area (Å²) < 4.78 is 11.3. The first-order chi connectivity index (χ1) is 13.2. The number of hydrogen-bond donors (Lipinski definition) is 1. The average Bonchev–Trinajstić information content (AvgIpc) is 3.11. The summed E-state index contributed by atoms with van der Waals surface area (Å²) >= 11 is 0. The monoisotopic (exact) mass is 384 g/mol. The van der Waals surface area contributed by atoms with E-state index < -0.39 is 0 Å². The van der Waals surface area contributed by atoms with Gasteiger partial charge < -0.3 is 14.5 Å². The van der Waals surface area contributed by atoms with Crippen LogP contribution in [0.2, 0.25) is 0 Å². The maximum Gasteiger partial charge on any atom is 0.287 e. The molecule has 150 valence electrons. The normalized spacial score (nSPS) is 15.0. The van der Waals surface area contributed by atoms with Crippen molar-refractivity contribution in [2.75, 3.05) is 11.5 Å². The molecule has 1 aliphatic rings. The number of carbonyl (C=O) groups excluding carboxylic acids is 2. The highest BCUT2D eigenvalue weighted by Crippen LogP contribution is 2.37. The van der Waals surface area contributed by atoms with Crippen LogP contribution in [0.25, 0.3) is 0 Å². The topological polar surface area (TPSA) is 71.8 Å². The second kappa shape index (κ2) is 7.70. The fourth-order valence-electron chi connectivity index (χ4n) is 2.98. The van der Waals surface area contributed by atoms with Gasteiger partial charge >= 0.3 is 0 Å². The molecule has 2 amide bonds. The highest BCUT2D eigenvalue weighted by Gasteiger charge is 2.28. The Hall–Kier alpha value is -2.76. The van der Waals surface area contributed by atoms with Crippen LogP contribution in [0.5, 0.6) is 5.75 Å². The number of hydrogen-bond acceptors (Lipinski definition) is 4. The summed E-state index contributed by atoms with van der Waals surface area (Å²) in [6.07, 6.45) is 0.842. The van der Waals surface area contributed by atoms with E-state index in [1.165, 1.54) is 0 Å². The SMILES string of the molecule is CCC(C)NC(=O)c1ccc(CN2C(=O)COc3ccc(C(C)(C)C)cc32)o1. The molecule has 0 aliphatic carbocycles. The molecule has 0 saturated heterocycles. The van der Waals surface area contributed by atoms with Crippen LogP contribution in [0.3, 0.4) is 0 Å². The number of furan rings is 1. The molecule has 3 rings (SSSR count). The van der Waals surface area contributed by atoms with Crippen molar-refractivity contribution in [1.29, 1.82) is 0 Å². The number of fused-ring (bicyclic) bond motifs is 1. The largest absolute Gasteiger partial charge is 0.482 e. The molecule has 6 nitrogen and oxygen atoms in total. The zero-order valence-electron chi connectivity index (χ0n) is 17.2. The van der Waals surface area contributed by atoms with Crippen LogP contribution < -0.4 is 15.0 Å². The van der Waals surface area contributed by atoms with Crippen molar-refractivity contribution >= 4 is 17.5 Å². The first-order valence-corrected chi connectivity index (χ1v) is 9.66. The molecule has 28 heavy (non-hydrogen) atoms. The third kappa shape index (κ3) is 4.21. The van der Waals surface area contributed by atoms with Gasteiger partial charge in [0, 0.05) is 6.04 Å². The van der Waals surface area contributed by atoms with Gasteiger partial charge in [0.25, 0.3) is 11.8 Å². The minimum Gasteiger partial charge on any atom is -0.482 e. The number of anilines is 1. The molecule has 2 aromatic rings. The number of nitrogens with one attached hydrogen (secondary N) is 1. The van der Waals surface area contributed by atoms with Crippen molar-refractivity contribution in [1.82, 2.24) is 5.32 Å². The number of ether oxygens (including phenoxy) is 1. The van der Waals surface area contributed by atoms with Crippen LogP contribution in [0, 0.1) is 0 Å². The standard InChI is InChI=1S/C22H28N2O4/c1-6-14(2)23-21(26)19-10-8-16(28-19)12-24-17-11-15(22(3,4)5)7-9-18(17)27-13-20(24)25/h7-11,14H,6,12-13H2,1-5H3,(H,23,26). The second-order valence-corrected chi connectivity index (χ2v) is 8.25. The van der Waals surface area contributed by atoms with Gasteiger partial charge in [0.1, 0.15) is 11.5 Å². The second-order valence-electron chi connectivity index (χ2n) is 8.25. The third-order valence-electron chi connectivity index (χ3n) is 4.96. The Kier molecular flexibility index (Phi) is 5.49. The summed E-state index contributed by atoms with van der Waals surface area (Å²) in [5, 5.41) is 2.88. The molecule has 2 heterocycles. The molecule has 0 spiro atoms. The van der Waals surface area contributed by atoms with Crippen LogP contribution in [0.15, 0.2) is 34.7 Å². The predicted molar refractivity (Wildman–Crippen MR) is 108 cm³/mol. The Morgan fingerprint density at radius 1 is 1.25 bits per heavy atom. The van der Waals surface area contributed by atoms with Crippen molar-refractivity contribution in [2.45, 2.75) is 59.0 Å². The minimum absolute atomic E-state index is 0.00999. The summed E-state index contributed by atoms with van der Waals surface area (Å²) in [7, 11) is 0. The van der Waals surface area contributed by atoms with E-state index in [9.17, 15) is 9.59 Å². The summed E-state index contributed by atoms with van der Waals surface area (Å²) in [4.78, 5) is 26.4. The van der Waals surface area contributed by atoms with Crippen LogP contribution in [-0.2, 0) is 16.8 Å². The van der Waals surface area contributed by atoms with Gasteiger partial charge in [-0.1, -0.05) is 33.8 Å². The van der Waals surface area contributed by atoms with Gasteiger partial charge in [-0.15, -0.1) is 0 Å². The van der Waals surface area contributed by atoms with Crippen molar-refractivity contribution in [3.05, 3.63) is 47.4 Å². The molecule has 1 unspecified atom stereocenters. The smallest absolute Gasteiger partial charge is 0.287 e. The molecule has 1 aliphatic heterocycles. The van der Waals surface area contributed by atoms with Gasteiger partial charge in [0.2, 0.25) is 0 Å². The molecular formula is C22H28N2O4. The van der Waals surface area contributed by atoms with Crippen molar-refractivity contribution in [3.8, 4) is 5.75 Å². The Labute approximate surface area is 165 Å². The highest BCUT2D eigenvalue weighted by atomic mass is 16.5. The van der Waals surface area contributed by atoms with Gasteiger partial charge in [-0.2, -0.15) is 0 Å². The Morgan fingerprint density at radius 3 is 2.68 bits per heavy atom. The van der Waals surface area contributed by atoms with Crippen molar-refractivity contribution in [2.24, 2.45) is 0 Å². The first kappa shape index (κ1) is 20.0. The maximum atomic E-state index is 12.5. The quantitative estimate of drug-likeness (QED) is 0.845. The van der Waals surface area contributed by atoms with E-state index in [1.54, 1.807) is 17.0 Å². The molecule has 0 radical (unpaired) electrons. The third-order valence-corrected chi connectivity index (χ3v) is 4.96. The number of rotatable bonds is 5. The van der Waals surface area contributed by atoms with E-state index in [1.807, 2.05) is 32.0 Å². The van der Waals surface area contributed by atoms with Gasteiger partial charge in [-0.25, -0.2) is 0 Å². The lowest BCUT2D eigenvalue weighted by atomic mass is 9.86. The lowest BCUT2D eigenvalue weighted by molar-refractivity contribution is -0.121. The summed E-state index contributed by atoms with van der Waals surface area (Å²) in [6.45, 7) is 10.6. The lowest BCUT2D eigenvalue weighted by Crippen LogP contribution is -2.38. The Bertz CT molecular complexity index is 879. The molecule has 1 atom stereocenters. The molecule has 1 aromatic heterocycles. The van der Waals surface area contributed by atoms with E-state index in [0.717, 1.165) is 17.7 Å². The fourth-order valence-corrected chi connectivity index (χ4v) is 2.98. The zero-order chi connectivity index (χ0) is 20.5. The van der Waals surface area contributed by atoms with E-state index >= 15 is 0 Å². The molecule has 0 bridgehead atoms. The van der Waals surface area contributed by atoms with E-state index in [0.29, 0.717) is 11.5 Å². The van der Waals surface area contributed by atoms with Crippen LogP contribution in [0.1, 0.15) is 62.9 Å². The van der Waals surface area contributed by atoms with Gasteiger partial charge in [0.05, 0.1) is 12.2 Å². The summed E-state index contributed by atoms with van der Waals surface area (Å²) in [6, 6.07) is 9.38. The van der Waals surface area contributed by atoms with Gasteiger partial charge in [0.15, 0.2) is 12.4 Å². The fraction of sp³-hybridized carbons (Fsp3) is 0.455. The van der Waals surface area contributed by atoms with Gasteiger partial charge in [-0.05, 0) is 48.6 Å². The number of benzene rings is 1. The summed E-state index contributed by atoms with van der Waals surface area (Å²) in [5.41, 5.74) is 1.79. The Balaban J connectivity index is 1.84.